The Labute approximate surface area is 111 Å². The molecule has 0 aromatic heterocycles. The summed E-state index contributed by atoms with van der Waals surface area (Å²) in [7, 11) is 0. The number of carboxylic acids is 1. The number of carbonyl (C=O) groups is 2. The summed E-state index contributed by atoms with van der Waals surface area (Å²) in [6, 6.07) is 6.53. The summed E-state index contributed by atoms with van der Waals surface area (Å²) < 4.78 is 0. The number of nitrogens with two attached hydrogens (primary N) is 1. The van der Waals surface area contributed by atoms with Crippen molar-refractivity contribution in [3.8, 4) is 0 Å². The number of para-hydroxylation sites is 2. The van der Waals surface area contributed by atoms with Gasteiger partial charge >= 0.3 is 12.0 Å². The molecule has 0 spiro atoms. The van der Waals surface area contributed by atoms with E-state index in [4.69, 9.17) is 10.8 Å². The van der Waals surface area contributed by atoms with E-state index in [1.54, 1.807) is 24.3 Å². The van der Waals surface area contributed by atoms with E-state index in [0.717, 1.165) is 0 Å². The number of rotatable bonds is 3. The standard InChI is InChI=1S/C13H17N3O3/c14-10-3-1-2-4-11(10)16-13(19)15-9-6-5-8(7-9)12(17)18/h1-4,8-9H,5-7,14H2,(H,17,18)(H2,15,16,19)/t8-,9+/m1/s1. The fourth-order valence-corrected chi connectivity index (χ4v) is 2.29. The van der Waals surface area contributed by atoms with E-state index in [1.165, 1.54) is 0 Å². The molecule has 1 aliphatic carbocycles. The van der Waals surface area contributed by atoms with Crippen LogP contribution in [0.3, 0.4) is 0 Å². The lowest BCUT2D eigenvalue weighted by Gasteiger charge is -2.14. The monoisotopic (exact) mass is 263 g/mol. The molecule has 0 heterocycles. The van der Waals surface area contributed by atoms with Gasteiger partial charge in [-0.15, -0.1) is 0 Å². The average molecular weight is 263 g/mol. The van der Waals surface area contributed by atoms with Crippen LogP contribution in [0.5, 0.6) is 0 Å². The quantitative estimate of drug-likeness (QED) is 0.622. The highest BCUT2D eigenvalue weighted by Gasteiger charge is 2.30. The molecule has 1 aliphatic rings. The number of hydrogen-bond donors (Lipinski definition) is 4. The molecule has 1 saturated carbocycles. The Morgan fingerprint density at radius 1 is 1.26 bits per heavy atom. The van der Waals surface area contributed by atoms with Crippen LogP contribution in [-0.4, -0.2) is 23.1 Å². The summed E-state index contributed by atoms with van der Waals surface area (Å²) >= 11 is 0. The van der Waals surface area contributed by atoms with Gasteiger partial charge in [-0.25, -0.2) is 4.79 Å². The first-order valence-corrected chi connectivity index (χ1v) is 6.21. The minimum atomic E-state index is -0.794. The van der Waals surface area contributed by atoms with Gasteiger partial charge in [0.05, 0.1) is 17.3 Å². The van der Waals surface area contributed by atoms with Crippen molar-refractivity contribution in [1.29, 1.82) is 0 Å². The highest BCUT2D eigenvalue weighted by molar-refractivity contribution is 5.92. The maximum Gasteiger partial charge on any atom is 0.319 e. The van der Waals surface area contributed by atoms with Crippen LogP contribution in [0.1, 0.15) is 19.3 Å². The average Bonchev–Trinajstić information content (AvgIpc) is 2.80. The molecule has 6 nitrogen and oxygen atoms in total. The maximum atomic E-state index is 11.8. The number of benzene rings is 1. The Kier molecular flexibility index (Phi) is 3.89. The summed E-state index contributed by atoms with van der Waals surface area (Å²) in [5.41, 5.74) is 6.76. The molecule has 0 unspecified atom stereocenters. The number of aliphatic carboxylic acids is 1. The SMILES string of the molecule is Nc1ccccc1NC(=O)N[C@H]1CC[C@@H](C(=O)O)C1. The first-order chi connectivity index (χ1) is 9.06. The summed E-state index contributed by atoms with van der Waals surface area (Å²) in [6.45, 7) is 0. The highest BCUT2D eigenvalue weighted by atomic mass is 16.4. The van der Waals surface area contributed by atoms with Gasteiger partial charge in [0.15, 0.2) is 0 Å². The van der Waals surface area contributed by atoms with Crippen molar-refractivity contribution >= 4 is 23.4 Å². The Morgan fingerprint density at radius 2 is 2.00 bits per heavy atom. The maximum absolute atomic E-state index is 11.8. The fraction of sp³-hybridized carbons (Fsp3) is 0.385. The van der Waals surface area contributed by atoms with Crippen LogP contribution in [0.15, 0.2) is 24.3 Å². The van der Waals surface area contributed by atoms with Gasteiger partial charge in [0.2, 0.25) is 0 Å². The molecular formula is C13H17N3O3. The third kappa shape index (κ3) is 3.37. The smallest absolute Gasteiger partial charge is 0.319 e. The van der Waals surface area contributed by atoms with Crippen molar-refractivity contribution in [3.63, 3.8) is 0 Å². The number of nitrogen functional groups attached to an aromatic ring is 1. The van der Waals surface area contributed by atoms with Crippen LogP contribution in [-0.2, 0) is 4.79 Å². The van der Waals surface area contributed by atoms with Gasteiger partial charge in [-0.05, 0) is 31.4 Å². The third-order valence-electron chi connectivity index (χ3n) is 3.33. The number of urea groups is 1. The lowest BCUT2D eigenvalue weighted by molar-refractivity contribution is -0.141. The molecule has 2 atom stereocenters. The summed E-state index contributed by atoms with van der Waals surface area (Å²) in [5, 5.41) is 14.3. The van der Waals surface area contributed by atoms with E-state index in [2.05, 4.69) is 10.6 Å². The second-order valence-corrected chi connectivity index (χ2v) is 4.73. The minimum absolute atomic E-state index is 0.0916. The topological polar surface area (TPSA) is 104 Å². The van der Waals surface area contributed by atoms with Crippen molar-refractivity contribution in [3.05, 3.63) is 24.3 Å². The predicted octanol–water partition coefficient (Wildman–Crippen LogP) is 1.64. The zero-order valence-electron chi connectivity index (χ0n) is 10.4. The van der Waals surface area contributed by atoms with Crippen LogP contribution >= 0.6 is 0 Å². The van der Waals surface area contributed by atoms with Gasteiger partial charge in [-0.3, -0.25) is 4.79 Å². The van der Waals surface area contributed by atoms with Crippen LogP contribution in [0.4, 0.5) is 16.2 Å². The van der Waals surface area contributed by atoms with Gasteiger partial charge in [0.25, 0.3) is 0 Å². The largest absolute Gasteiger partial charge is 0.481 e. The molecule has 0 radical (unpaired) electrons. The molecule has 0 bridgehead atoms. The molecule has 5 N–H and O–H groups in total. The number of hydrogen-bond acceptors (Lipinski definition) is 3. The zero-order valence-corrected chi connectivity index (χ0v) is 10.4. The van der Waals surface area contributed by atoms with E-state index in [0.29, 0.717) is 30.6 Å². The molecular weight excluding hydrogens is 246 g/mol. The van der Waals surface area contributed by atoms with Crippen LogP contribution in [0.2, 0.25) is 0 Å². The summed E-state index contributed by atoms with van der Waals surface area (Å²) in [4.78, 5) is 22.6. The van der Waals surface area contributed by atoms with E-state index < -0.39 is 5.97 Å². The lowest BCUT2D eigenvalue weighted by Crippen LogP contribution is -2.36. The second-order valence-electron chi connectivity index (χ2n) is 4.73. The molecule has 19 heavy (non-hydrogen) atoms. The molecule has 0 aliphatic heterocycles. The first-order valence-electron chi connectivity index (χ1n) is 6.21. The van der Waals surface area contributed by atoms with Crippen LogP contribution in [0.25, 0.3) is 0 Å². The minimum Gasteiger partial charge on any atom is -0.481 e. The van der Waals surface area contributed by atoms with E-state index in [-0.39, 0.29) is 18.0 Å². The van der Waals surface area contributed by atoms with Crippen molar-refractivity contribution in [1.82, 2.24) is 5.32 Å². The number of anilines is 2. The molecule has 6 heteroatoms. The summed E-state index contributed by atoms with van der Waals surface area (Å²) in [6.07, 6.45) is 1.77. The molecule has 102 valence electrons. The lowest BCUT2D eigenvalue weighted by atomic mass is 10.1. The second kappa shape index (κ2) is 5.60. The Bertz CT molecular complexity index is 490. The van der Waals surface area contributed by atoms with E-state index >= 15 is 0 Å². The number of amides is 2. The molecule has 1 fully saturated rings. The Morgan fingerprint density at radius 3 is 2.63 bits per heavy atom. The number of carboxylic acid groups (broad SMARTS) is 1. The van der Waals surface area contributed by atoms with E-state index in [9.17, 15) is 9.59 Å². The van der Waals surface area contributed by atoms with Crippen LogP contribution in [0, 0.1) is 5.92 Å². The molecule has 1 aromatic rings. The van der Waals surface area contributed by atoms with Crippen molar-refractivity contribution in [2.24, 2.45) is 5.92 Å². The molecule has 0 saturated heterocycles. The van der Waals surface area contributed by atoms with Gasteiger partial charge < -0.3 is 21.5 Å². The molecule has 1 aromatic carbocycles. The summed E-state index contributed by atoms with van der Waals surface area (Å²) in [5.74, 6) is -1.15. The van der Waals surface area contributed by atoms with Gasteiger partial charge in [0, 0.05) is 6.04 Å². The molecule has 2 rings (SSSR count). The third-order valence-corrected chi connectivity index (χ3v) is 3.33. The highest BCUT2D eigenvalue weighted by Crippen LogP contribution is 2.25. The normalized spacial score (nSPS) is 21.9. The van der Waals surface area contributed by atoms with Crippen molar-refractivity contribution in [2.75, 3.05) is 11.1 Å². The van der Waals surface area contributed by atoms with E-state index in [1.807, 2.05) is 0 Å². The fourth-order valence-electron chi connectivity index (χ4n) is 2.29. The number of nitrogens with one attached hydrogen (secondary N) is 2. The van der Waals surface area contributed by atoms with Gasteiger partial charge in [-0.1, -0.05) is 12.1 Å². The van der Waals surface area contributed by atoms with Crippen molar-refractivity contribution in [2.45, 2.75) is 25.3 Å². The Balaban J connectivity index is 1.86. The Hall–Kier alpha value is -2.24. The van der Waals surface area contributed by atoms with Gasteiger partial charge in [0.1, 0.15) is 0 Å². The molecule has 2 amide bonds. The van der Waals surface area contributed by atoms with Gasteiger partial charge in [-0.2, -0.15) is 0 Å². The van der Waals surface area contributed by atoms with Crippen LogP contribution < -0.4 is 16.4 Å². The zero-order chi connectivity index (χ0) is 13.8. The first kappa shape index (κ1) is 13.2. The van der Waals surface area contributed by atoms with Crippen molar-refractivity contribution < 1.29 is 14.7 Å². The predicted molar refractivity (Wildman–Crippen MR) is 71.8 cm³/mol. The number of carbonyl (C=O) groups excluding carboxylic acids is 1.